The van der Waals surface area contributed by atoms with Gasteiger partial charge in [0.25, 0.3) is 5.91 Å². The third kappa shape index (κ3) is 3.05. The molecule has 2 aromatic heterocycles. The van der Waals surface area contributed by atoms with E-state index in [2.05, 4.69) is 17.3 Å². The molecule has 1 saturated carbocycles. The molecule has 7 nitrogen and oxygen atoms in total. The van der Waals surface area contributed by atoms with Gasteiger partial charge in [0, 0.05) is 31.7 Å². The van der Waals surface area contributed by atoms with Crippen LogP contribution in [0.3, 0.4) is 0 Å². The van der Waals surface area contributed by atoms with Crippen molar-refractivity contribution in [3.05, 3.63) is 17.5 Å². The van der Waals surface area contributed by atoms with Crippen LogP contribution < -0.4 is 11.1 Å². The number of rotatable bonds is 5. The lowest BCUT2D eigenvalue weighted by atomic mass is 9.95. The van der Waals surface area contributed by atoms with Crippen molar-refractivity contribution in [1.29, 1.82) is 0 Å². The highest BCUT2D eigenvalue weighted by atomic mass is 16.5. The summed E-state index contributed by atoms with van der Waals surface area (Å²) in [5.74, 6) is -0.0996. The fourth-order valence-corrected chi connectivity index (χ4v) is 4.28. The molecular weight excluding hydrogens is 330 g/mol. The second-order valence-electron chi connectivity index (χ2n) is 7.32. The fraction of sp³-hybridized carbons (Fsp3) is 0.632. The number of primary amides is 1. The normalized spacial score (nSPS) is 19.3. The number of amides is 1. The Labute approximate surface area is 153 Å². The summed E-state index contributed by atoms with van der Waals surface area (Å²) in [4.78, 5) is 17.3. The summed E-state index contributed by atoms with van der Waals surface area (Å²) in [5.41, 5.74) is 8.92. The first-order chi connectivity index (χ1) is 12.7. The van der Waals surface area contributed by atoms with Gasteiger partial charge in [-0.15, -0.1) is 0 Å². The third-order valence-corrected chi connectivity index (χ3v) is 5.67. The van der Waals surface area contributed by atoms with Gasteiger partial charge < -0.3 is 15.8 Å². The first-order valence-electron chi connectivity index (χ1n) is 9.72. The minimum Gasteiger partial charge on any atom is -0.381 e. The van der Waals surface area contributed by atoms with Crippen molar-refractivity contribution < 1.29 is 9.53 Å². The Bertz CT molecular complexity index is 804. The lowest BCUT2D eigenvalue weighted by molar-refractivity contribution is 0.0904. The average molecular weight is 357 g/mol. The highest BCUT2D eigenvalue weighted by Gasteiger charge is 2.29. The maximum atomic E-state index is 12.5. The quantitative estimate of drug-likeness (QED) is 0.858. The number of aromatic nitrogens is 3. The first kappa shape index (κ1) is 17.3. The van der Waals surface area contributed by atoms with E-state index in [9.17, 15) is 4.79 Å². The van der Waals surface area contributed by atoms with Gasteiger partial charge in [-0.2, -0.15) is 5.10 Å². The van der Waals surface area contributed by atoms with E-state index in [-0.39, 0.29) is 6.04 Å². The van der Waals surface area contributed by atoms with Crippen LogP contribution in [0.25, 0.3) is 11.0 Å². The van der Waals surface area contributed by atoms with Crippen LogP contribution in [-0.4, -0.2) is 39.9 Å². The highest BCUT2D eigenvalue weighted by Crippen LogP contribution is 2.39. The standard InChI is InChI=1S/C19H27N5O2/c1-2-24-19-14(11-21-24)17(22-13-7-9-26-10-8-13)15(18(20)25)16(23-19)12-5-3-4-6-12/h11-13H,2-10H2,1H3,(H2,20,25)(H,22,23). The molecule has 0 atom stereocenters. The molecule has 4 rings (SSSR count). The number of carbonyl (C=O) groups excluding carboxylic acids is 1. The van der Waals surface area contributed by atoms with E-state index in [1.165, 1.54) is 12.8 Å². The van der Waals surface area contributed by atoms with Gasteiger partial charge in [-0.05, 0) is 32.6 Å². The number of anilines is 1. The lowest BCUT2D eigenvalue weighted by Gasteiger charge is -2.26. The van der Waals surface area contributed by atoms with Crippen molar-refractivity contribution in [1.82, 2.24) is 14.8 Å². The minimum atomic E-state index is -0.403. The summed E-state index contributed by atoms with van der Waals surface area (Å²) >= 11 is 0. The van der Waals surface area contributed by atoms with Crippen molar-refractivity contribution >= 4 is 22.6 Å². The Morgan fingerprint density at radius 1 is 1.31 bits per heavy atom. The number of hydrogen-bond donors (Lipinski definition) is 2. The second-order valence-corrected chi connectivity index (χ2v) is 7.32. The molecule has 0 spiro atoms. The summed E-state index contributed by atoms with van der Waals surface area (Å²) in [7, 11) is 0. The van der Waals surface area contributed by atoms with Crippen LogP contribution in [0.5, 0.6) is 0 Å². The van der Waals surface area contributed by atoms with Crippen LogP contribution in [0, 0.1) is 0 Å². The van der Waals surface area contributed by atoms with E-state index >= 15 is 0 Å². The Balaban J connectivity index is 1.88. The van der Waals surface area contributed by atoms with Crippen molar-refractivity contribution in [2.24, 2.45) is 5.73 Å². The summed E-state index contributed by atoms with van der Waals surface area (Å²) in [6.45, 7) is 4.27. The number of fused-ring (bicyclic) bond motifs is 1. The molecule has 7 heteroatoms. The number of aryl methyl sites for hydroxylation is 1. The molecule has 140 valence electrons. The van der Waals surface area contributed by atoms with Gasteiger partial charge in [0.2, 0.25) is 0 Å². The molecule has 2 fully saturated rings. The average Bonchev–Trinajstić information content (AvgIpc) is 3.31. The van der Waals surface area contributed by atoms with Crippen LogP contribution in [0.1, 0.15) is 67.4 Å². The second kappa shape index (κ2) is 7.23. The molecule has 3 N–H and O–H groups in total. The number of nitrogens with zero attached hydrogens (tertiary/aromatic N) is 3. The van der Waals surface area contributed by atoms with Gasteiger partial charge in [0.15, 0.2) is 5.65 Å². The van der Waals surface area contributed by atoms with Gasteiger partial charge in [0.05, 0.1) is 28.5 Å². The predicted octanol–water partition coefficient (Wildman–Crippen LogP) is 2.80. The zero-order valence-electron chi connectivity index (χ0n) is 15.3. The summed E-state index contributed by atoms with van der Waals surface area (Å²) in [6.07, 6.45) is 8.13. The third-order valence-electron chi connectivity index (χ3n) is 5.67. The summed E-state index contributed by atoms with van der Waals surface area (Å²) < 4.78 is 7.37. The zero-order chi connectivity index (χ0) is 18.1. The fourth-order valence-electron chi connectivity index (χ4n) is 4.28. The molecule has 0 bridgehead atoms. The predicted molar refractivity (Wildman–Crippen MR) is 100 cm³/mol. The van der Waals surface area contributed by atoms with E-state index in [4.69, 9.17) is 15.5 Å². The van der Waals surface area contributed by atoms with Gasteiger partial charge >= 0.3 is 0 Å². The van der Waals surface area contributed by atoms with Crippen molar-refractivity contribution in [2.75, 3.05) is 18.5 Å². The summed E-state index contributed by atoms with van der Waals surface area (Å²) in [5, 5.41) is 8.96. The maximum Gasteiger partial charge on any atom is 0.252 e. The molecule has 0 aromatic carbocycles. The smallest absolute Gasteiger partial charge is 0.252 e. The summed E-state index contributed by atoms with van der Waals surface area (Å²) in [6, 6.07) is 0.272. The molecular formula is C19H27N5O2. The molecule has 1 aliphatic carbocycles. The first-order valence-corrected chi connectivity index (χ1v) is 9.72. The van der Waals surface area contributed by atoms with E-state index in [0.717, 1.165) is 67.9 Å². The topological polar surface area (TPSA) is 95.1 Å². The highest BCUT2D eigenvalue weighted by molar-refractivity contribution is 6.07. The number of hydrogen-bond acceptors (Lipinski definition) is 5. The number of nitrogens with two attached hydrogens (primary N) is 1. The molecule has 1 aliphatic heterocycles. The minimum absolute atomic E-state index is 0.272. The van der Waals surface area contributed by atoms with Crippen molar-refractivity contribution in [3.63, 3.8) is 0 Å². The Hall–Kier alpha value is -2.15. The molecule has 1 saturated heterocycles. The van der Waals surface area contributed by atoms with E-state index < -0.39 is 5.91 Å². The van der Waals surface area contributed by atoms with E-state index in [0.29, 0.717) is 11.5 Å². The molecule has 2 aliphatic rings. The van der Waals surface area contributed by atoms with Crippen LogP contribution in [0.15, 0.2) is 6.20 Å². The van der Waals surface area contributed by atoms with Crippen LogP contribution >= 0.6 is 0 Å². The molecule has 0 radical (unpaired) electrons. The molecule has 2 aromatic rings. The van der Waals surface area contributed by atoms with Crippen LogP contribution in [-0.2, 0) is 11.3 Å². The lowest BCUT2D eigenvalue weighted by Crippen LogP contribution is -2.30. The number of nitrogens with one attached hydrogen (secondary N) is 1. The van der Waals surface area contributed by atoms with Gasteiger partial charge in [-0.1, -0.05) is 12.8 Å². The monoisotopic (exact) mass is 357 g/mol. The van der Waals surface area contributed by atoms with E-state index in [1.807, 2.05) is 4.68 Å². The van der Waals surface area contributed by atoms with Crippen molar-refractivity contribution in [2.45, 2.75) is 64.0 Å². The van der Waals surface area contributed by atoms with Gasteiger partial charge in [0.1, 0.15) is 0 Å². The number of carbonyl (C=O) groups is 1. The maximum absolute atomic E-state index is 12.5. The van der Waals surface area contributed by atoms with Crippen molar-refractivity contribution in [3.8, 4) is 0 Å². The Kier molecular flexibility index (Phi) is 4.80. The van der Waals surface area contributed by atoms with Gasteiger partial charge in [-0.25, -0.2) is 9.67 Å². The van der Waals surface area contributed by atoms with Crippen LogP contribution in [0.2, 0.25) is 0 Å². The van der Waals surface area contributed by atoms with Crippen LogP contribution in [0.4, 0.5) is 5.69 Å². The SMILES string of the molecule is CCn1ncc2c(NC3CCOCC3)c(C(N)=O)c(C3CCCC3)nc21. The molecule has 26 heavy (non-hydrogen) atoms. The largest absolute Gasteiger partial charge is 0.381 e. The van der Waals surface area contributed by atoms with Gasteiger partial charge in [-0.3, -0.25) is 4.79 Å². The molecule has 1 amide bonds. The number of pyridine rings is 1. The van der Waals surface area contributed by atoms with E-state index in [1.54, 1.807) is 6.20 Å². The Morgan fingerprint density at radius 2 is 2.04 bits per heavy atom. The Morgan fingerprint density at radius 3 is 2.69 bits per heavy atom. The zero-order valence-corrected chi connectivity index (χ0v) is 15.3. The number of ether oxygens (including phenoxy) is 1. The molecule has 0 unspecified atom stereocenters. The molecule has 3 heterocycles.